The third-order valence-corrected chi connectivity index (χ3v) is 5.31. The second kappa shape index (κ2) is 9.67. The van der Waals surface area contributed by atoms with Crippen LogP contribution in [0.2, 0.25) is 0 Å². The average molecular weight is 520 g/mol. The molecule has 2 aromatic rings. The van der Waals surface area contributed by atoms with Crippen molar-refractivity contribution in [2.75, 3.05) is 26.7 Å². The molecule has 0 spiro atoms. The Morgan fingerprint density at radius 1 is 1.39 bits per heavy atom. The van der Waals surface area contributed by atoms with Gasteiger partial charge in [-0.15, -0.1) is 24.0 Å². The molecule has 0 aliphatic carbocycles. The molecule has 154 valence electrons. The first-order valence-electron chi connectivity index (χ1n) is 8.54. The molecule has 0 amide bonds. The maximum Gasteiger partial charge on any atom is 0.238 e. The van der Waals surface area contributed by atoms with Gasteiger partial charge in [0.2, 0.25) is 10.0 Å². The monoisotopic (exact) mass is 520 g/mol. The van der Waals surface area contributed by atoms with Crippen molar-refractivity contribution in [1.29, 1.82) is 0 Å². The van der Waals surface area contributed by atoms with E-state index in [1.165, 1.54) is 12.1 Å². The summed E-state index contributed by atoms with van der Waals surface area (Å²) in [5.41, 5.74) is 1.97. The molecule has 1 aromatic heterocycles. The molecule has 2 heterocycles. The van der Waals surface area contributed by atoms with E-state index in [1.807, 2.05) is 19.4 Å². The minimum absolute atomic E-state index is 0. The highest BCUT2D eigenvalue weighted by Crippen LogP contribution is 2.21. The fourth-order valence-electron chi connectivity index (χ4n) is 2.96. The van der Waals surface area contributed by atoms with Crippen LogP contribution in [0.15, 0.2) is 46.5 Å². The fraction of sp³-hybridized carbons (Fsp3) is 0.412. The molecule has 1 atom stereocenters. The number of morpholine rings is 1. The van der Waals surface area contributed by atoms with Gasteiger partial charge in [-0.05, 0) is 17.7 Å². The van der Waals surface area contributed by atoms with Gasteiger partial charge in [0.15, 0.2) is 5.96 Å². The summed E-state index contributed by atoms with van der Waals surface area (Å²) >= 11 is 0. The highest BCUT2D eigenvalue weighted by atomic mass is 127. The van der Waals surface area contributed by atoms with Crippen molar-refractivity contribution < 1.29 is 13.2 Å². The zero-order chi connectivity index (χ0) is 19.4. The number of benzene rings is 1. The SMILES string of the molecule is CN=C(NCc1ccc(S(N)(=O)=O)cc1)N1CCOC(c2cnn(C)c2)C1.I. The van der Waals surface area contributed by atoms with Crippen molar-refractivity contribution in [2.24, 2.45) is 17.2 Å². The number of primary sulfonamides is 1. The van der Waals surface area contributed by atoms with Gasteiger partial charge in [-0.3, -0.25) is 9.67 Å². The van der Waals surface area contributed by atoms with E-state index in [4.69, 9.17) is 9.88 Å². The van der Waals surface area contributed by atoms with Gasteiger partial charge >= 0.3 is 0 Å². The Balaban J connectivity index is 0.00000280. The van der Waals surface area contributed by atoms with Gasteiger partial charge in [0.1, 0.15) is 6.10 Å². The minimum Gasteiger partial charge on any atom is -0.370 e. The number of hydrogen-bond acceptors (Lipinski definition) is 5. The molecule has 1 fully saturated rings. The average Bonchev–Trinajstić information content (AvgIpc) is 3.09. The molecule has 9 nitrogen and oxygen atoms in total. The molecule has 1 unspecified atom stereocenters. The van der Waals surface area contributed by atoms with E-state index < -0.39 is 10.0 Å². The van der Waals surface area contributed by atoms with Gasteiger partial charge in [-0.1, -0.05) is 12.1 Å². The van der Waals surface area contributed by atoms with Crippen LogP contribution in [0.5, 0.6) is 0 Å². The molecule has 1 aliphatic rings. The quantitative estimate of drug-likeness (QED) is 0.351. The Bertz CT molecular complexity index is 913. The molecule has 0 bridgehead atoms. The first-order valence-corrected chi connectivity index (χ1v) is 10.1. The number of nitrogens with one attached hydrogen (secondary N) is 1. The predicted octanol–water partition coefficient (Wildman–Crippen LogP) is 0.834. The molecule has 1 aromatic carbocycles. The summed E-state index contributed by atoms with van der Waals surface area (Å²) in [6.45, 7) is 2.53. The van der Waals surface area contributed by atoms with Crippen molar-refractivity contribution in [2.45, 2.75) is 17.5 Å². The number of aliphatic imine (C=N–C) groups is 1. The topological polar surface area (TPSA) is 115 Å². The van der Waals surface area contributed by atoms with Crippen LogP contribution in [0.4, 0.5) is 0 Å². The summed E-state index contributed by atoms with van der Waals surface area (Å²) in [4.78, 5) is 6.59. The molecular formula is C17H25IN6O3S. The van der Waals surface area contributed by atoms with E-state index in [0.717, 1.165) is 23.6 Å². The van der Waals surface area contributed by atoms with Crippen LogP contribution in [-0.4, -0.2) is 55.8 Å². The molecule has 0 radical (unpaired) electrons. The summed E-state index contributed by atoms with van der Waals surface area (Å²) < 4.78 is 30.3. The lowest BCUT2D eigenvalue weighted by molar-refractivity contribution is -0.00805. The third-order valence-electron chi connectivity index (χ3n) is 4.38. The number of hydrogen-bond donors (Lipinski definition) is 2. The Morgan fingerprint density at radius 2 is 2.11 bits per heavy atom. The number of nitrogens with two attached hydrogens (primary N) is 1. The van der Waals surface area contributed by atoms with Gasteiger partial charge in [0, 0.05) is 38.9 Å². The number of guanidine groups is 1. The van der Waals surface area contributed by atoms with Crippen LogP contribution in [-0.2, 0) is 28.4 Å². The summed E-state index contributed by atoms with van der Waals surface area (Å²) in [7, 11) is -0.0587. The highest BCUT2D eigenvalue weighted by Gasteiger charge is 2.25. The lowest BCUT2D eigenvalue weighted by atomic mass is 10.1. The lowest BCUT2D eigenvalue weighted by Crippen LogP contribution is -2.47. The summed E-state index contributed by atoms with van der Waals surface area (Å²) in [5, 5.41) is 12.6. The first-order chi connectivity index (χ1) is 12.9. The normalized spacial score (nSPS) is 17.9. The van der Waals surface area contributed by atoms with Crippen molar-refractivity contribution in [3.05, 3.63) is 47.8 Å². The Labute approximate surface area is 182 Å². The van der Waals surface area contributed by atoms with E-state index in [2.05, 4.69) is 20.3 Å². The number of nitrogens with zero attached hydrogens (tertiary/aromatic N) is 4. The number of halogens is 1. The minimum atomic E-state index is -3.68. The van der Waals surface area contributed by atoms with E-state index in [0.29, 0.717) is 19.7 Å². The molecule has 0 saturated carbocycles. The van der Waals surface area contributed by atoms with Crippen LogP contribution in [0.25, 0.3) is 0 Å². The number of aromatic nitrogens is 2. The van der Waals surface area contributed by atoms with Gasteiger partial charge in [-0.25, -0.2) is 13.6 Å². The Hall–Kier alpha value is -1.70. The number of sulfonamides is 1. The van der Waals surface area contributed by atoms with Gasteiger partial charge in [-0.2, -0.15) is 5.10 Å². The standard InChI is InChI=1S/C17H24N6O3S.HI/c1-19-17(20-9-13-3-5-15(6-4-13)27(18,24)25)23-7-8-26-16(12-23)14-10-21-22(2)11-14;/h3-6,10-11,16H,7-9,12H2,1-2H3,(H,19,20)(H2,18,24,25);1H. The van der Waals surface area contributed by atoms with Gasteiger partial charge < -0.3 is 15.0 Å². The highest BCUT2D eigenvalue weighted by molar-refractivity contribution is 14.0. The van der Waals surface area contributed by atoms with Crippen LogP contribution >= 0.6 is 24.0 Å². The predicted molar refractivity (Wildman–Crippen MR) is 117 cm³/mol. The Kier molecular flexibility index (Phi) is 7.80. The third kappa shape index (κ3) is 5.65. The van der Waals surface area contributed by atoms with E-state index in [1.54, 1.807) is 23.9 Å². The van der Waals surface area contributed by atoms with Crippen LogP contribution in [0, 0.1) is 0 Å². The lowest BCUT2D eigenvalue weighted by Gasteiger charge is -2.34. The first kappa shape index (κ1) is 22.6. The second-order valence-corrected chi connectivity index (χ2v) is 7.90. The zero-order valence-electron chi connectivity index (χ0n) is 15.8. The van der Waals surface area contributed by atoms with E-state index in [9.17, 15) is 8.42 Å². The maximum atomic E-state index is 11.3. The summed E-state index contributed by atoms with van der Waals surface area (Å²) in [6.07, 6.45) is 3.72. The second-order valence-electron chi connectivity index (χ2n) is 6.34. The van der Waals surface area contributed by atoms with Crippen LogP contribution < -0.4 is 10.5 Å². The zero-order valence-corrected chi connectivity index (χ0v) is 18.9. The maximum absolute atomic E-state index is 11.3. The molecule has 3 rings (SSSR count). The van der Waals surface area contributed by atoms with Crippen LogP contribution in [0.1, 0.15) is 17.2 Å². The van der Waals surface area contributed by atoms with Crippen molar-refractivity contribution in [3.63, 3.8) is 0 Å². The molecule has 28 heavy (non-hydrogen) atoms. The van der Waals surface area contributed by atoms with Crippen molar-refractivity contribution in [1.82, 2.24) is 20.0 Å². The number of ether oxygens (including phenoxy) is 1. The molecule has 11 heteroatoms. The molecule has 3 N–H and O–H groups in total. The molecular weight excluding hydrogens is 495 g/mol. The molecule has 1 saturated heterocycles. The van der Waals surface area contributed by atoms with Crippen molar-refractivity contribution in [3.8, 4) is 0 Å². The number of aryl methyl sites for hydroxylation is 1. The van der Waals surface area contributed by atoms with Gasteiger partial charge in [0.25, 0.3) is 0 Å². The number of rotatable bonds is 4. The fourth-order valence-corrected chi connectivity index (χ4v) is 3.48. The van der Waals surface area contributed by atoms with Crippen LogP contribution in [0.3, 0.4) is 0 Å². The van der Waals surface area contributed by atoms with Crippen molar-refractivity contribution >= 4 is 40.0 Å². The van der Waals surface area contributed by atoms with Gasteiger partial charge in [0.05, 0.1) is 24.2 Å². The summed E-state index contributed by atoms with van der Waals surface area (Å²) in [5.74, 6) is 0.766. The Morgan fingerprint density at radius 3 is 2.68 bits per heavy atom. The summed E-state index contributed by atoms with van der Waals surface area (Å²) in [6, 6.07) is 6.47. The molecule has 1 aliphatic heterocycles. The largest absolute Gasteiger partial charge is 0.370 e. The smallest absolute Gasteiger partial charge is 0.238 e. The van der Waals surface area contributed by atoms with E-state index in [-0.39, 0.29) is 35.0 Å². The van der Waals surface area contributed by atoms with E-state index >= 15 is 0 Å².